The Morgan fingerprint density at radius 1 is 1.43 bits per heavy atom. The van der Waals surface area contributed by atoms with E-state index in [4.69, 9.17) is 0 Å². The number of urea groups is 1. The third kappa shape index (κ3) is 2.38. The molecule has 1 aliphatic heterocycles. The zero-order chi connectivity index (χ0) is 10.8. The van der Waals surface area contributed by atoms with E-state index in [9.17, 15) is 4.79 Å². The lowest BCUT2D eigenvalue weighted by molar-refractivity contribution is 0.0572. The van der Waals surface area contributed by atoms with Gasteiger partial charge in [0, 0.05) is 31.7 Å². The fourth-order valence-corrected chi connectivity index (χ4v) is 1.68. The molecule has 1 fully saturated rings. The number of amides is 2. The number of hydrogen-bond acceptors (Lipinski definition) is 2. The molecule has 1 saturated heterocycles. The second-order valence-corrected chi connectivity index (χ2v) is 4.49. The molecule has 1 N–H and O–H groups in total. The van der Waals surface area contributed by atoms with Crippen LogP contribution in [0.3, 0.4) is 0 Å². The molecule has 0 radical (unpaired) electrons. The van der Waals surface area contributed by atoms with E-state index in [1.54, 1.807) is 0 Å². The van der Waals surface area contributed by atoms with Crippen LogP contribution in [-0.2, 0) is 0 Å². The molecule has 0 unspecified atom stereocenters. The molecule has 82 valence electrons. The molecule has 1 aliphatic rings. The Kier molecular flexibility index (Phi) is 3.37. The Bertz CT molecular complexity index is 215. The van der Waals surface area contributed by atoms with Gasteiger partial charge in [-0.05, 0) is 27.8 Å². The van der Waals surface area contributed by atoms with Gasteiger partial charge in [0.05, 0.1) is 0 Å². The van der Waals surface area contributed by atoms with Crippen LogP contribution < -0.4 is 5.32 Å². The third-order valence-electron chi connectivity index (χ3n) is 2.93. The van der Waals surface area contributed by atoms with Crippen molar-refractivity contribution < 1.29 is 4.79 Å². The summed E-state index contributed by atoms with van der Waals surface area (Å²) >= 11 is 0. The number of hydrogen-bond donors (Lipinski definition) is 1. The van der Waals surface area contributed by atoms with Crippen LogP contribution in [0.4, 0.5) is 4.79 Å². The van der Waals surface area contributed by atoms with Crippen LogP contribution in [0.25, 0.3) is 0 Å². The van der Waals surface area contributed by atoms with Gasteiger partial charge >= 0.3 is 6.03 Å². The van der Waals surface area contributed by atoms with E-state index >= 15 is 0 Å². The minimum atomic E-state index is 0.0636. The molecule has 4 nitrogen and oxygen atoms in total. The second-order valence-electron chi connectivity index (χ2n) is 4.49. The highest BCUT2D eigenvalue weighted by atomic mass is 16.2. The highest BCUT2D eigenvalue weighted by Crippen LogP contribution is 2.18. The first-order valence-electron chi connectivity index (χ1n) is 5.21. The van der Waals surface area contributed by atoms with Crippen molar-refractivity contribution in [3.8, 4) is 0 Å². The zero-order valence-electron chi connectivity index (χ0n) is 9.63. The van der Waals surface area contributed by atoms with Crippen molar-refractivity contribution >= 4 is 6.03 Å². The molecule has 14 heavy (non-hydrogen) atoms. The number of nitrogens with one attached hydrogen (secondary N) is 1. The fraction of sp³-hybridized carbons (Fsp3) is 0.900. The van der Waals surface area contributed by atoms with Crippen LogP contribution in [0.15, 0.2) is 0 Å². The van der Waals surface area contributed by atoms with Crippen molar-refractivity contribution in [1.29, 1.82) is 0 Å². The fourth-order valence-electron chi connectivity index (χ4n) is 1.68. The Morgan fingerprint density at radius 2 is 2.07 bits per heavy atom. The molecule has 0 bridgehead atoms. The smallest absolute Gasteiger partial charge is 0.317 e. The van der Waals surface area contributed by atoms with Crippen molar-refractivity contribution in [3.63, 3.8) is 0 Å². The maximum Gasteiger partial charge on any atom is 0.317 e. The summed E-state index contributed by atoms with van der Waals surface area (Å²) in [5, 5.41) is 2.84. The van der Waals surface area contributed by atoms with E-state index < -0.39 is 0 Å². The molecule has 0 saturated carbocycles. The summed E-state index contributed by atoms with van der Waals surface area (Å²) in [6, 6.07) is 0.0636. The summed E-state index contributed by atoms with van der Waals surface area (Å²) in [6.07, 6.45) is 0. The van der Waals surface area contributed by atoms with Crippen LogP contribution in [0.1, 0.15) is 20.8 Å². The molecule has 0 aromatic rings. The van der Waals surface area contributed by atoms with Gasteiger partial charge in [0.2, 0.25) is 0 Å². The minimum absolute atomic E-state index is 0.0636. The predicted octanol–water partition coefficient (Wildman–Crippen LogP) is 0.742. The summed E-state index contributed by atoms with van der Waals surface area (Å²) in [7, 11) is 2.11. The lowest BCUT2D eigenvalue weighted by Crippen LogP contribution is -2.60. The van der Waals surface area contributed by atoms with Gasteiger partial charge < -0.3 is 10.2 Å². The summed E-state index contributed by atoms with van der Waals surface area (Å²) in [4.78, 5) is 15.8. The summed E-state index contributed by atoms with van der Waals surface area (Å²) in [5.74, 6) is 0. The number of likely N-dealkylation sites (N-methyl/N-ethyl adjacent to an activating group) is 1. The van der Waals surface area contributed by atoms with Gasteiger partial charge in [0.25, 0.3) is 0 Å². The molecule has 0 spiro atoms. The van der Waals surface area contributed by atoms with Gasteiger partial charge in [0.1, 0.15) is 0 Å². The highest BCUT2D eigenvalue weighted by molar-refractivity contribution is 5.74. The van der Waals surface area contributed by atoms with Gasteiger partial charge in [-0.3, -0.25) is 4.90 Å². The van der Waals surface area contributed by atoms with E-state index in [1.807, 2.05) is 11.8 Å². The third-order valence-corrected chi connectivity index (χ3v) is 2.93. The van der Waals surface area contributed by atoms with E-state index in [0.717, 1.165) is 19.6 Å². The van der Waals surface area contributed by atoms with Crippen LogP contribution in [0.5, 0.6) is 0 Å². The predicted molar refractivity (Wildman–Crippen MR) is 57.4 cm³/mol. The minimum Gasteiger partial charge on any atom is -0.338 e. The number of carbonyl (C=O) groups is 1. The molecule has 1 heterocycles. The van der Waals surface area contributed by atoms with Crippen LogP contribution >= 0.6 is 0 Å². The van der Waals surface area contributed by atoms with E-state index in [0.29, 0.717) is 6.54 Å². The van der Waals surface area contributed by atoms with Gasteiger partial charge in [0.15, 0.2) is 0 Å². The van der Waals surface area contributed by atoms with Crippen molar-refractivity contribution in [3.05, 3.63) is 0 Å². The Labute approximate surface area is 86.2 Å². The van der Waals surface area contributed by atoms with E-state index in [2.05, 4.69) is 31.1 Å². The number of piperazine rings is 1. The van der Waals surface area contributed by atoms with Crippen molar-refractivity contribution in [2.45, 2.75) is 26.3 Å². The lowest BCUT2D eigenvalue weighted by atomic mass is 10.0. The molecule has 0 atom stereocenters. The SMILES string of the molecule is CCNC(=O)N1CCN(C)C(C)(C)C1. The average molecular weight is 199 g/mol. The molecule has 4 heteroatoms. The quantitative estimate of drug-likeness (QED) is 0.676. The first-order valence-corrected chi connectivity index (χ1v) is 5.21. The average Bonchev–Trinajstić information content (AvgIpc) is 2.10. The van der Waals surface area contributed by atoms with Gasteiger partial charge in [-0.2, -0.15) is 0 Å². The van der Waals surface area contributed by atoms with Crippen molar-refractivity contribution in [1.82, 2.24) is 15.1 Å². The largest absolute Gasteiger partial charge is 0.338 e. The molecular weight excluding hydrogens is 178 g/mol. The Hall–Kier alpha value is -0.770. The topological polar surface area (TPSA) is 35.6 Å². The number of nitrogens with zero attached hydrogens (tertiary/aromatic N) is 2. The van der Waals surface area contributed by atoms with Gasteiger partial charge in [-0.25, -0.2) is 4.79 Å². The summed E-state index contributed by atoms with van der Waals surface area (Å²) < 4.78 is 0. The molecule has 0 aliphatic carbocycles. The van der Waals surface area contributed by atoms with E-state index in [1.165, 1.54) is 0 Å². The van der Waals surface area contributed by atoms with E-state index in [-0.39, 0.29) is 11.6 Å². The lowest BCUT2D eigenvalue weighted by Gasteiger charge is -2.45. The molecule has 1 rings (SSSR count). The van der Waals surface area contributed by atoms with Crippen molar-refractivity contribution in [2.75, 3.05) is 33.2 Å². The zero-order valence-corrected chi connectivity index (χ0v) is 9.63. The number of rotatable bonds is 1. The molecule has 2 amide bonds. The molecule has 0 aromatic carbocycles. The number of carbonyl (C=O) groups excluding carboxylic acids is 1. The van der Waals surface area contributed by atoms with Gasteiger partial charge in [-0.15, -0.1) is 0 Å². The Balaban J connectivity index is 2.55. The molecular formula is C10H21N3O. The highest BCUT2D eigenvalue weighted by Gasteiger charge is 2.32. The Morgan fingerprint density at radius 3 is 2.57 bits per heavy atom. The van der Waals surface area contributed by atoms with Crippen LogP contribution in [0, 0.1) is 0 Å². The summed E-state index contributed by atoms with van der Waals surface area (Å²) in [5.41, 5.74) is 0.0866. The standard InChI is InChI=1S/C10H21N3O/c1-5-11-9(14)13-7-6-12(4)10(2,3)8-13/h5-8H2,1-4H3,(H,11,14). The maximum atomic E-state index is 11.6. The normalized spacial score (nSPS) is 22.1. The van der Waals surface area contributed by atoms with Crippen molar-refractivity contribution in [2.24, 2.45) is 0 Å². The van der Waals surface area contributed by atoms with Crippen LogP contribution in [-0.4, -0.2) is 54.6 Å². The summed E-state index contributed by atoms with van der Waals surface area (Å²) in [6.45, 7) is 9.55. The van der Waals surface area contributed by atoms with Gasteiger partial charge in [-0.1, -0.05) is 0 Å². The molecule has 0 aromatic heterocycles. The first-order chi connectivity index (χ1) is 6.47. The van der Waals surface area contributed by atoms with Crippen LogP contribution in [0.2, 0.25) is 0 Å². The monoisotopic (exact) mass is 199 g/mol. The second kappa shape index (κ2) is 4.17. The first kappa shape index (κ1) is 11.3. The maximum absolute atomic E-state index is 11.6.